The Hall–Kier alpha value is -2.39. The molecule has 2 N–H and O–H groups in total. The van der Waals surface area contributed by atoms with Crippen LogP contribution in [0.15, 0.2) is 24.3 Å². The zero-order valence-corrected chi connectivity index (χ0v) is 18.2. The van der Waals surface area contributed by atoms with Gasteiger partial charge in [-0.3, -0.25) is 0 Å². The van der Waals surface area contributed by atoms with E-state index in [1.165, 1.54) is 0 Å². The Labute approximate surface area is 177 Å². The van der Waals surface area contributed by atoms with E-state index in [4.69, 9.17) is 19.7 Å². The molecule has 0 spiro atoms. The topological polar surface area (TPSA) is 80.1 Å². The summed E-state index contributed by atoms with van der Waals surface area (Å²) in [4.78, 5) is 17.1. The number of anilines is 3. The molecular weight excluding hydrogens is 434 g/mol. The van der Waals surface area contributed by atoms with Gasteiger partial charge in [-0.15, -0.1) is 0 Å². The minimum Gasteiger partial charge on any atom is -0.378 e. The standard InChI is InChI=1S/C20H24BrN7O/c1-3-20(25-13-6-4-5-7-14(13)26-20)19-23-17-16(22-15(12-21)27(17)2)18(24-19)28-8-10-29-11-9-28/h4-7,25-26H,3,8-12H2,1-2H3. The monoisotopic (exact) mass is 457 g/mol. The van der Waals surface area contributed by atoms with Gasteiger partial charge < -0.3 is 24.8 Å². The Balaban J connectivity index is 1.69. The predicted molar refractivity (Wildman–Crippen MR) is 118 cm³/mol. The second-order valence-electron chi connectivity index (χ2n) is 7.42. The van der Waals surface area contributed by atoms with Gasteiger partial charge in [-0.2, -0.15) is 0 Å². The van der Waals surface area contributed by atoms with E-state index in [0.29, 0.717) is 18.5 Å². The summed E-state index contributed by atoms with van der Waals surface area (Å²) in [5.41, 5.74) is 3.26. The van der Waals surface area contributed by atoms with Crippen LogP contribution >= 0.6 is 15.9 Å². The molecule has 0 amide bonds. The molecule has 4 heterocycles. The maximum atomic E-state index is 5.55. The van der Waals surface area contributed by atoms with Crippen molar-refractivity contribution in [2.24, 2.45) is 7.05 Å². The molecule has 0 saturated carbocycles. The summed E-state index contributed by atoms with van der Waals surface area (Å²) in [5.74, 6) is 2.54. The highest BCUT2D eigenvalue weighted by Crippen LogP contribution is 2.41. The number of nitrogens with zero attached hydrogens (tertiary/aromatic N) is 5. The van der Waals surface area contributed by atoms with Crippen molar-refractivity contribution >= 4 is 44.3 Å². The van der Waals surface area contributed by atoms with E-state index in [1.807, 2.05) is 23.7 Å². The molecule has 3 aromatic rings. The van der Waals surface area contributed by atoms with Crippen molar-refractivity contribution in [2.45, 2.75) is 24.3 Å². The van der Waals surface area contributed by atoms with Crippen LogP contribution in [0.1, 0.15) is 25.0 Å². The molecular formula is C20H24BrN7O. The number of hydrogen-bond acceptors (Lipinski definition) is 7. The Morgan fingerprint density at radius 3 is 2.41 bits per heavy atom. The minimum absolute atomic E-state index is 0.558. The first-order chi connectivity index (χ1) is 14.1. The van der Waals surface area contributed by atoms with Crippen LogP contribution < -0.4 is 15.5 Å². The summed E-state index contributed by atoms with van der Waals surface area (Å²) in [7, 11) is 2.01. The number of aryl methyl sites for hydroxylation is 1. The summed E-state index contributed by atoms with van der Waals surface area (Å²) in [5, 5.41) is 7.93. The third-order valence-corrected chi connectivity index (χ3v) is 6.26. The van der Waals surface area contributed by atoms with E-state index >= 15 is 0 Å². The highest BCUT2D eigenvalue weighted by Gasteiger charge is 2.40. The largest absolute Gasteiger partial charge is 0.378 e. The lowest BCUT2D eigenvalue weighted by molar-refractivity contribution is 0.122. The van der Waals surface area contributed by atoms with Gasteiger partial charge in [0, 0.05) is 20.1 Å². The number of benzene rings is 1. The fourth-order valence-corrected chi connectivity index (χ4v) is 4.54. The van der Waals surface area contributed by atoms with Crippen LogP contribution in [0, 0.1) is 0 Å². The van der Waals surface area contributed by atoms with Gasteiger partial charge in [0.1, 0.15) is 5.82 Å². The molecule has 1 aromatic carbocycles. The average molecular weight is 458 g/mol. The third kappa shape index (κ3) is 2.95. The van der Waals surface area contributed by atoms with Gasteiger partial charge in [0.15, 0.2) is 28.5 Å². The first kappa shape index (κ1) is 18.6. The Morgan fingerprint density at radius 2 is 1.79 bits per heavy atom. The van der Waals surface area contributed by atoms with Gasteiger partial charge >= 0.3 is 0 Å². The maximum absolute atomic E-state index is 5.55. The van der Waals surface area contributed by atoms with Gasteiger partial charge in [-0.1, -0.05) is 35.0 Å². The zero-order chi connectivity index (χ0) is 20.0. The number of hydrogen-bond donors (Lipinski definition) is 2. The second-order valence-corrected chi connectivity index (χ2v) is 7.98. The minimum atomic E-state index is -0.558. The molecule has 5 rings (SSSR count). The van der Waals surface area contributed by atoms with Gasteiger partial charge in [-0.05, 0) is 18.6 Å². The highest BCUT2D eigenvalue weighted by molar-refractivity contribution is 9.08. The first-order valence-electron chi connectivity index (χ1n) is 9.93. The number of ether oxygens (including phenoxy) is 1. The molecule has 2 aliphatic heterocycles. The molecule has 1 fully saturated rings. The quantitative estimate of drug-likeness (QED) is 0.582. The van der Waals surface area contributed by atoms with Crippen LogP contribution in [0.2, 0.25) is 0 Å². The summed E-state index contributed by atoms with van der Waals surface area (Å²) >= 11 is 3.55. The number of alkyl halides is 1. The molecule has 29 heavy (non-hydrogen) atoms. The molecule has 0 bridgehead atoms. The second kappa shape index (κ2) is 7.14. The fraction of sp³-hybridized carbons (Fsp3) is 0.450. The van der Waals surface area contributed by atoms with Gasteiger partial charge in [-0.25, -0.2) is 15.0 Å². The van der Waals surface area contributed by atoms with Gasteiger partial charge in [0.2, 0.25) is 0 Å². The summed E-state index contributed by atoms with van der Waals surface area (Å²) < 4.78 is 7.60. The molecule has 2 aromatic heterocycles. The van der Waals surface area contributed by atoms with Crippen molar-refractivity contribution in [1.82, 2.24) is 19.5 Å². The Kier molecular flexibility index (Phi) is 4.59. The van der Waals surface area contributed by atoms with Crippen molar-refractivity contribution in [1.29, 1.82) is 0 Å². The molecule has 8 nitrogen and oxygen atoms in total. The lowest BCUT2D eigenvalue weighted by atomic mass is 10.1. The summed E-state index contributed by atoms with van der Waals surface area (Å²) in [6.45, 7) is 5.12. The molecule has 2 aliphatic rings. The molecule has 152 valence electrons. The van der Waals surface area contributed by atoms with E-state index in [9.17, 15) is 0 Å². The fourth-order valence-electron chi connectivity index (χ4n) is 4.04. The van der Waals surface area contributed by atoms with E-state index in [-0.39, 0.29) is 0 Å². The number of para-hydroxylation sites is 2. The Morgan fingerprint density at radius 1 is 1.10 bits per heavy atom. The molecule has 9 heteroatoms. The van der Waals surface area contributed by atoms with Crippen molar-refractivity contribution < 1.29 is 4.74 Å². The van der Waals surface area contributed by atoms with Crippen molar-refractivity contribution in [3.63, 3.8) is 0 Å². The zero-order valence-electron chi connectivity index (χ0n) is 16.6. The molecule has 0 radical (unpaired) electrons. The van der Waals surface area contributed by atoms with Crippen LogP contribution in [-0.4, -0.2) is 45.8 Å². The molecule has 0 atom stereocenters. The Bertz CT molecular complexity index is 1040. The lowest BCUT2D eigenvalue weighted by Crippen LogP contribution is -2.41. The number of aromatic nitrogens is 4. The van der Waals surface area contributed by atoms with Crippen LogP contribution in [0.4, 0.5) is 17.2 Å². The highest BCUT2D eigenvalue weighted by atomic mass is 79.9. The van der Waals surface area contributed by atoms with Gasteiger partial charge in [0.05, 0.1) is 29.9 Å². The third-order valence-electron chi connectivity index (χ3n) is 5.76. The van der Waals surface area contributed by atoms with E-state index in [2.05, 4.69) is 50.5 Å². The van der Waals surface area contributed by atoms with Crippen molar-refractivity contribution in [2.75, 3.05) is 41.8 Å². The number of nitrogens with one attached hydrogen (secondary N) is 2. The normalized spacial score (nSPS) is 17.8. The summed E-state index contributed by atoms with van der Waals surface area (Å²) in [6, 6.07) is 8.22. The van der Waals surface area contributed by atoms with Gasteiger partial charge in [0.25, 0.3) is 0 Å². The van der Waals surface area contributed by atoms with Crippen LogP contribution in [0.5, 0.6) is 0 Å². The van der Waals surface area contributed by atoms with Crippen LogP contribution in [-0.2, 0) is 22.8 Å². The SMILES string of the molecule is CCC1(c2nc(N3CCOCC3)c3nc(CBr)n(C)c3n2)Nc2ccccc2N1. The van der Waals surface area contributed by atoms with E-state index in [0.717, 1.165) is 59.5 Å². The van der Waals surface area contributed by atoms with E-state index in [1.54, 1.807) is 0 Å². The molecule has 0 aliphatic carbocycles. The first-order valence-corrected chi connectivity index (χ1v) is 11.0. The molecule has 0 unspecified atom stereocenters. The van der Waals surface area contributed by atoms with Crippen molar-refractivity contribution in [3.8, 4) is 0 Å². The van der Waals surface area contributed by atoms with Crippen LogP contribution in [0.3, 0.4) is 0 Å². The molecule has 1 saturated heterocycles. The van der Waals surface area contributed by atoms with Crippen LogP contribution in [0.25, 0.3) is 11.2 Å². The maximum Gasteiger partial charge on any atom is 0.179 e. The van der Waals surface area contributed by atoms with E-state index < -0.39 is 5.66 Å². The smallest absolute Gasteiger partial charge is 0.179 e. The number of fused-ring (bicyclic) bond motifs is 2. The number of halogens is 1. The number of imidazole rings is 1. The summed E-state index contributed by atoms with van der Waals surface area (Å²) in [6.07, 6.45) is 0.791. The van der Waals surface area contributed by atoms with Crippen molar-refractivity contribution in [3.05, 3.63) is 35.9 Å². The lowest BCUT2D eigenvalue weighted by Gasteiger charge is -2.31. The number of rotatable bonds is 4. The average Bonchev–Trinajstić information content (AvgIpc) is 3.32. The number of morpholine rings is 1. The predicted octanol–water partition coefficient (Wildman–Crippen LogP) is 3.20.